The molecule has 0 aromatic rings. The lowest BCUT2D eigenvalue weighted by Gasteiger charge is -2.36. The van der Waals surface area contributed by atoms with Crippen molar-refractivity contribution in [1.29, 1.82) is 0 Å². The lowest BCUT2D eigenvalue weighted by atomic mass is 9.93. The lowest BCUT2D eigenvalue weighted by molar-refractivity contribution is -0.0572. The van der Waals surface area contributed by atoms with E-state index in [-0.39, 0.29) is 26.4 Å². The molecule has 82 valence electrons. The molecule has 2 rings (SSSR count). The van der Waals surface area contributed by atoms with Crippen LogP contribution in [0.25, 0.3) is 0 Å². The summed E-state index contributed by atoms with van der Waals surface area (Å²) in [6, 6.07) is 0. The highest BCUT2D eigenvalue weighted by atomic mass is 31.2. The number of nitrogens with zero attached hydrogens (tertiary/aromatic N) is 1. The van der Waals surface area contributed by atoms with E-state index in [1.165, 1.54) is 0 Å². The van der Waals surface area contributed by atoms with E-state index >= 15 is 0 Å². The summed E-state index contributed by atoms with van der Waals surface area (Å²) >= 11 is 0. The summed E-state index contributed by atoms with van der Waals surface area (Å²) in [6.45, 7) is 1.14. The molecule has 7 heteroatoms. The molecule has 0 aromatic heterocycles. The Morgan fingerprint density at radius 1 is 1.21 bits per heavy atom. The molecule has 0 aromatic carbocycles. The molecule has 0 aliphatic carbocycles. The van der Waals surface area contributed by atoms with E-state index in [1.807, 2.05) is 0 Å². The third kappa shape index (κ3) is 1.74. The minimum absolute atomic E-state index is 0.0772. The first-order chi connectivity index (χ1) is 6.64. The molecule has 0 bridgehead atoms. The van der Waals surface area contributed by atoms with Crippen LogP contribution in [0.3, 0.4) is 0 Å². The Hall–Kier alpha value is 0.0300. The summed E-state index contributed by atoms with van der Waals surface area (Å²) in [7, 11) is -3.07. The predicted molar refractivity (Wildman–Crippen MR) is 47.7 cm³/mol. The van der Waals surface area contributed by atoms with Crippen LogP contribution in [-0.4, -0.2) is 54.4 Å². The van der Waals surface area contributed by atoms with E-state index in [2.05, 4.69) is 0 Å². The molecule has 14 heavy (non-hydrogen) atoms. The molecular weight excluding hydrogens is 209 g/mol. The molecule has 0 radical (unpaired) electrons. The number of aliphatic hydroxyl groups excluding tert-OH is 2. The molecule has 2 aliphatic heterocycles. The number of hydrogen-bond donors (Lipinski definition) is 2. The van der Waals surface area contributed by atoms with E-state index in [4.69, 9.17) is 19.3 Å². The fourth-order valence-corrected chi connectivity index (χ4v) is 3.06. The van der Waals surface area contributed by atoms with Crippen LogP contribution >= 0.6 is 7.75 Å². The standard InChI is InChI=1S/C7H14NO5P/c9-3-7(4-10)5-12-14(11,13-6-7)8-1-2-8/h9-10H,1-6H2. The zero-order valence-electron chi connectivity index (χ0n) is 7.76. The van der Waals surface area contributed by atoms with Gasteiger partial charge in [0.2, 0.25) is 0 Å². The average Bonchev–Trinajstić information content (AvgIpc) is 3.04. The van der Waals surface area contributed by atoms with Gasteiger partial charge in [-0.15, -0.1) is 0 Å². The molecule has 2 saturated heterocycles. The number of hydrogen-bond acceptors (Lipinski definition) is 5. The van der Waals surface area contributed by atoms with Gasteiger partial charge >= 0.3 is 7.75 Å². The summed E-state index contributed by atoms with van der Waals surface area (Å²) in [5.41, 5.74) is -0.802. The van der Waals surface area contributed by atoms with Gasteiger partial charge in [0.25, 0.3) is 0 Å². The van der Waals surface area contributed by atoms with E-state index in [9.17, 15) is 4.57 Å². The summed E-state index contributed by atoms with van der Waals surface area (Å²) in [6.07, 6.45) is 0. The van der Waals surface area contributed by atoms with Crippen molar-refractivity contribution < 1.29 is 23.8 Å². The van der Waals surface area contributed by atoms with E-state index < -0.39 is 13.2 Å². The fraction of sp³-hybridized carbons (Fsp3) is 1.00. The zero-order valence-corrected chi connectivity index (χ0v) is 8.65. The molecule has 0 saturated carbocycles. The van der Waals surface area contributed by atoms with Crippen molar-refractivity contribution in [2.24, 2.45) is 5.41 Å². The largest absolute Gasteiger partial charge is 0.408 e. The minimum atomic E-state index is -3.07. The summed E-state index contributed by atoms with van der Waals surface area (Å²) in [4.78, 5) is 0. The number of aliphatic hydroxyl groups is 2. The average molecular weight is 223 g/mol. The molecule has 2 aliphatic rings. The first kappa shape index (κ1) is 10.5. The van der Waals surface area contributed by atoms with Crippen LogP contribution in [-0.2, 0) is 13.6 Å². The van der Waals surface area contributed by atoms with Crippen LogP contribution in [0.1, 0.15) is 0 Å². The van der Waals surface area contributed by atoms with Gasteiger partial charge in [-0.25, -0.2) is 9.24 Å². The summed E-state index contributed by atoms with van der Waals surface area (Å²) in [5.74, 6) is 0. The summed E-state index contributed by atoms with van der Waals surface area (Å²) in [5, 5.41) is 18.1. The number of rotatable bonds is 3. The Bertz CT molecular complexity index is 249. The lowest BCUT2D eigenvalue weighted by Crippen LogP contribution is -2.42. The van der Waals surface area contributed by atoms with Gasteiger partial charge < -0.3 is 10.2 Å². The highest BCUT2D eigenvalue weighted by Gasteiger charge is 2.48. The Labute approximate surface area is 82.0 Å². The van der Waals surface area contributed by atoms with Crippen LogP contribution in [0, 0.1) is 5.41 Å². The molecule has 0 unspecified atom stereocenters. The molecule has 2 N–H and O–H groups in total. The van der Waals surface area contributed by atoms with Gasteiger partial charge in [-0.1, -0.05) is 0 Å². The van der Waals surface area contributed by atoms with Crippen molar-refractivity contribution in [3.63, 3.8) is 0 Å². The maximum absolute atomic E-state index is 11.8. The summed E-state index contributed by atoms with van der Waals surface area (Å²) < 4.78 is 23.7. The smallest absolute Gasteiger partial charge is 0.396 e. The first-order valence-corrected chi connectivity index (χ1v) is 6.00. The Kier molecular flexibility index (Phi) is 2.68. The second-order valence-electron chi connectivity index (χ2n) is 3.79. The van der Waals surface area contributed by atoms with Crippen molar-refractivity contribution in [3.8, 4) is 0 Å². The maximum Gasteiger partial charge on any atom is 0.408 e. The predicted octanol–water partition coefficient (Wildman–Crippen LogP) is -0.572. The zero-order chi connectivity index (χ0) is 10.2. The van der Waals surface area contributed by atoms with Crippen molar-refractivity contribution in [2.45, 2.75) is 0 Å². The quantitative estimate of drug-likeness (QED) is 0.492. The first-order valence-electron chi connectivity index (χ1n) is 4.50. The molecule has 0 amide bonds. The van der Waals surface area contributed by atoms with Gasteiger partial charge in [0.1, 0.15) is 0 Å². The normalized spacial score (nSPS) is 30.1. The topological polar surface area (TPSA) is 79.0 Å². The molecular formula is C7H14NO5P. The van der Waals surface area contributed by atoms with Crippen LogP contribution in [0.15, 0.2) is 0 Å². The van der Waals surface area contributed by atoms with Crippen molar-refractivity contribution >= 4 is 7.75 Å². The van der Waals surface area contributed by atoms with Gasteiger partial charge in [0.05, 0.1) is 31.8 Å². The Morgan fingerprint density at radius 3 is 2.07 bits per heavy atom. The minimum Gasteiger partial charge on any atom is -0.396 e. The highest BCUT2D eigenvalue weighted by Crippen LogP contribution is 2.59. The van der Waals surface area contributed by atoms with Crippen molar-refractivity contribution in [2.75, 3.05) is 39.5 Å². The monoisotopic (exact) mass is 223 g/mol. The third-order valence-corrected chi connectivity index (χ3v) is 4.51. The molecule has 2 heterocycles. The Balaban J connectivity index is 2.00. The second-order valence-corrected chi connectivity index (χ2v) is 5.80. The van der Waals surface area contributed by atoms with Crippen LogP contribution in [0.5, 0.6) is 0 Å². The molecule has 6 nitrogen and oxygen atoms in total. The van der Waals surface area contributed by atoms with Crippen LogP contribution in [0.2, 0.25) is 0 Å². The van der Waals surface area contributed by atoms with Crippen LogP contribution in [0.4, 0.5) is 0 Å². The van der Waals surface area contributed by atoms with E-state index in [0.717, 1.165) is 13.1 Å². The maximum atomic E-state index is 11.8. The highest BCUT2D eigenvalue weighted by molar-refractivity contribution is 7.51. The van der Waals surface area contributed by atoms with Gasteiger partial charge in [-0.05, 0) is 0 Å². The van der Waals surface area contributed by atoms with Gasteiger partial charge in [0, 0.05) is 13.1 Å². The Morgan fingerprint density at radius 2 is 1.71 bits per heavy atom. The third-order valence-electron chi connectivity index (χ3n) is 2.51. The molecule has 0 spiro atoms. The van der Waals surface area contributed by atoms with Crippen LogP contribution < -0.4 is 0 Å². The van der Waals surface area contributed by atoms with Gasteiger partial charge in [-0.3, -0.25) is 9.05 Å². The van der Waals surface area contributed by atoms with E-state index in [0.29, 0.717) is 0 Å². The van der Waals surface area contributed by atoms with Crippen molar-refractivity contribution in [1.82, 2.24) is 4.67 Å². The second kappa shape index (κ2) is 3.56. The SMILES string of the molecule is O=P1(N2CC2)OCC(CO)(CO)CO1. The van der Waals surface area contributed by atoms with Gasteiger partial charge in [-0.2, -0.15) is 0 Å². The van der Waals surface area contributed by atoms with E-state index in [1.54, 1.807) is 4.67 Å². The van der Waals surface area contributed by atoms with Gasteiger partial charge in [0.15, 0.2) is 0 Å². The fourth-order valence-electron chi connectivity index (χ4n) is 1.20. The van der Waals surface area contributed by atoms with Crippen molar-refractivity contribution in [3.05, 3.63) is 0 Å². The molecule has 2 fully saturated rings. The molecule has 0 atom stereocenters.